The van der Waals surface area contributed by atoms with Crippen molar-refractivity contribution in [2.45, 2.75) is 12.8 Å². The molecule has 0 spiro atoms. The Labute approximate surface area is 206 Å². The summed E-state index contributed by atoms with van der Waals surface area (Å²) in [5, 5.41) is 4.26. The maximum atomic E-state index is 12.4. The van der Waals surface area contributed by atoms with E-state index in [2.05, 4.69) is 15.0 Å². The first-order valence-electron chi connectivity index (χ1n) is 10.9. The van der Waals surface area contributed by atoms with Crippen LogP contribution in [0.25, 0.3) is 11.3 Å². The number of aromatic nitrogens is 1. The zero-order valence-electron chi connectivity index (χ0n) is 18.5. The summed E-state index contributed by atoms with van der Waals surface area (Å²) in [6.45, 7) is 1.68. The van der Waals surface area contributed by atoms with Crippen LogP contribution in [0.4, 0.5) is 0 Å². The molecule has 34 heavy (non-hydrogen) atoms. The van der Waals surface area contributed by atoms with Crippen molar-refractivity contribution in [1.82, 2.24) is 10.1 Å². The summed E-state index contributed by atoms with van der Waals surface area (Å²) in [6, 6.07) is 21.0. The molecule has 6 nitrogen and oxygen atoms in total. The minimum Gasteiger partial charge on any atom is -0.457 e. The molecule has 2 aromatic heterocycles. The number of nitrogens with zero attached hydrogens (tertiary/aromatic N) is 3. The van der Waals surface area contributed by atoms with Gasteiger partial charge in [-0.3, -0.25) is 9.79 Å². The Balaban J connectivity index is 1.40. The molecule has 8 heteroatoms. The lowest BCUT2D eigenvalue weighted by molar-refractivity contribution is 0.0984. The minimum atomic E-state index is 0.0359. The summed E-state index contributed by atoms with van der Waals surface area (Å²) in [5.41, 5.74) is 2.44. The maximum Gasteiger partial charge on any atom is 0.173 e. The fourth-order valence-corrected chi connectivity index (χ4v) is 4.81. The highest BCUT2D eigenvalue weighted by atomic mass is 35.5. The van der Waals surface area contributed by atoms with Gasteiger partial charge in [-0.2, -0.15) is 0 Å². The summed E-state index contributed by atoms with van der Waals surface area (Å²) in [6.07, 6.45) is 0.778. The first-order valence-corrected chi connectivity index (χ1v) is 12.1. The van der Waals surface area contributed by atoms with E-state index in [-0.39, 0.29) is 5.78 Å². The van der Waals surface area contributed by atoms with Crippen molar-refractivity contribution in [2.24, 2.45) is 4.99 Å². The van der Waals surface area contributed by atoms with Crippen molar-refractivity contribution in [2.75, 3.05) is 20.1 Å². The van der Waals surface area contributed by atoms with Crippen LogP contribution < -0.4 is 4.74 Å². The van der Waals surface area contributed by atoms with Gasteiger partial charge >= 0.3 is 0 Å². The zero-order chi connectivity index (χ0) is 23.5. The van der Waals surface area contributed by atoms with E-state index in [0.29, 0.717) is 39.3 Å². The van der Waals surface area contributed by atoms with E-state index in [9.17, 15) is 4.79 Å². The largest absolute Gasteiger partial charge is 0.457 e. The van der Waals surface area contributed by atoms with Gasteiger partial charge in [0.2, 0.25) is 0 Å². The van der Waals surface area contributed by atoms with Gasteiger partial charge in [0, 0.05) is 43.6 Å². The molecule has 1 aliphatic rings. The number of likely N-dealkylation sites (N-methyl/N-ethyl adjacent to an activating group) is 1. The quantitative estimate of drug-likeness (QED) is 0.268. The van der Waals surface area contributed by atoms with Gasteiger partial charge in [0.25, 0.3) is 0 Å². The summed E-state index contributed by atoms with van der Waals surface area (Å²) >= 11 is 7.23. The molecule has 0 N–H and O–H groups in total. The Hall–Kier alpha value is -3.42. The van der Waals surface area contributed by atoms with Gasteiger partial charge in [-0.25, -0.2) is 0 Å². The third-order valence-corrected chi connectivity index (χ3v) is 6.82. The first kappa shape index (κ1) is 22.4. The van der Waals surface area contributed by atoms with Crippen LogP contribution in [0, 0.1) is 0 Å². The van der Waals surface area contributed by atoms with Gasteiger partial charge in [0.1, 0.15) is 28.8 Å². The second-order valence-electron chi connectivity index (χ2n) is 7.96. The van der Waals surface area contributed by atoms with Crippen molar-refractivity contribution in [3.05, 3.63) is 87.3 Å². The number of hydrogen-bond acceptors (Lipinski definition) is 7. The number of carbonyl (C=O) groups excluding carboxylic acids is 1. The lowest BCUT2D eigenvalue weighted by Crippen LogP contribution is -2.23. The number of hydrogen-bond donors (Lipinski definition) is 0. The van der Waals surface area contributed by atoms with Gasteiger partial charge < -0.3 is 14.2 Å². The van der Waals surface area contributed by atoms with Crippen molar-refractivity contribution >= 4 is 34.6 Å². The Morgan fingerprint density at radius 3 is 2.74 bits per heavy atom. The molecule has 0 saturated heterocycles. The number of rotatable bonds is 8. The van der Waals surface area contributed by atoms with Crippen LogP contribution in [-0.2, 0) is 6.42 Å². The number of aryl methyl sites for hydroxylation is 1. The lowest BCUT2D eigenvalue weighted by atomic mass is 10.1. The molecule has 0 unspecified atom stereocenters. The molecule has 0 bridgehead atoms. The van der Waals surface area contributed by atoms with Gasteiger partial charge in [0.05, 0.1) is 15.8 Å². The average molecular weight is 492 g/mol. The number of amidine groups is 1. The van der Waals surface area contributed by atoms with Crippen molar-refractivity contribution in [3.8, 4) is 22.8 Å². The highest BCUT2D eigenvalue weighted by Crippen LogP contribution is 2.35. The normalized spacial score (nSPS) is 13.2. The second-order valence-corrected chi connectivity index (χ2v) is 9.67. The molecule has 0 saturated carbocycles. The van der Waals surface area contributed by atoms with E-state index in [1.807, 2.05) is 61.6 Å². The smallest absolute Gasteiger partial charge is 0.173 e. The number of benzene rings is 2. The third kappa shape index (κ3) is 4.90. The number of thiophene rings is 1. The molecular formula is C26H22ClN3O3S. The molecule has 4 aromatic rings. The Bertz CT molecular complexity index is 1350. The second kappa shape index (κ2) is 9.83. The highest BCUT2D eigenvalue weighted by molar-refractivity contribution is 7.18. The topological polar surface area (TPSA) is 67.9 Å². The molecule has 0 aliphatic carbocycles. The molecule has 3 heterocycles. The van der Waals surface area contributed by atoms with E-state index >= 15 is 0 Å². The number of ether oxygens (including phenoxy) is 1. The molecule has 0 atom stereocenters. The van der Waals surface area contributed by atoms with Gasteiger partial charge in [0.15, 0.2) is 5.78 Å². The molecule has 0 radical (unpaired) electrons. The van der Waals surface area contributed by atoms with Crippen LogP contribution in [-0.4, -0.2) is 41.8 Å². The molecule has 1 aliphatic heterocycles. The predicted octanol–water partition coefficient (Wildman–Crippen LogP) is 6.36. The van der Waals surface area contributed by atoms with Crippen molar-refractivity contribution in [3.63, 3.8) is 0 Å². The minimum absolute atomic E-state index is 0.0359. The number of halogens is 1. The van der Waals surface area contributed by atoms with Crippen LogP contribution in [0.5, 0.6) is 11.5 Å². The van der Waals surface area contributed by atoms with E-state index < -0.39 is 0 Å². The maximum absolute atomic E-state index is 12.4. The van der Waals surface area contributed by atoms with Gasteiger partial charge in [-0.1, -0.05) is 41.0 Å². The molecule has 2 aromatic carbocycles. The molecular weight excluding hydrogens is 470 g/mol. The van der Waals surface area contributed by atoms with Gasteiger partial charge in [-0.05, 0) is 36.4 Å². The lowest BCUT2D eigenvalue weighted by Gasteiger charge is -2.16. The fourth-order valence-electron chi connectivity index (χ4n) is 3.80. The SMILES string of the molecule is CN1CCN=C1c1ccc(-c2cc(CCC(=O)c3ccc(Cl)s3)on2)c(Oc2ccccc2)c1. The van der Waals surface area contributed by atoms with Crippen LogP contribution in [0.1, 0.15) is 27.4 Å². The van der Waals surface area contributed by atoms with Crippen LogP contribution in [0.3, 0.4) is 0 Å². The monoisotopic (exact) mass is 491 g/mol. The van der Waals surface area contributed by atoms with Crippen LogP contribution in [0.2, 0.25) is 4.34 Å². The highest BCUT2D eigenvalue weighted by Gasteiger charge is 2.19. The molecule has 0 fully saturated rings. The number of aliphatic imine (C=N–C) groups is 1. The Kier molecular flexibility index (Phi) is 6.47. The van der Waals surface area contributed by atoms with Crippen molar-refractivity contribution < 1.29 is 14.1 Å². The molecule has 5 rings (SSSR count). The van der Waals surface area contributed by atoms with E-state index in [4.69, 9.17) is 20.9 Å². The summed E-state index contributed by atoms with van der Waals surface area (Å²) in [5.74, 6) is 3.01. The van der Waals surface area contributed by atoms with Gasteiger partial charge in [-0.15, -0.1) is 11.3 Å². The van der Waals surface area contributed by atoms with Crippen LogP contribution in [0.15, 0.2) is 76.2 Å². The molecule has 0 amide bonds. The Morgan fingerprint density at radius 2 is 2.00 bits per heavy atom. The standard InChI is InChI=1S/C26H22ClN3O3S/c1-30-14-13-28-26(30)17-7-9-20(23(15-17)32-18-5-3-2-4-6-18)21-16-19(33-29-21)8-10-22(31)24-11-12-25(27)34-24/h2-7,9,11-12,15-16H,8,10,13-14H2,1H3. The van der Waals surface area contributed by atoms with Crippen LogP contribution >= 0.6 is 22.9 Å². The van der Waals surface area contributed by atoms with E-state index in [1.165, 1.54) is 11.3 Å². The van der Waals surface area contributed by atoms with Crippen molar-refractivity contribution in [1.29, 1.82) is 0 Å². The third-order valence-electron chi connectivity index (χ3n) is 5.55. The summed E-state index contributed by atoms with van der Waals surface area (Å²) in [4.78, 5) is 19.8. The average Bonchev–Trinajstić information content (AvgIpc) is 3.59. The summed E-state index contributed by atoms with van der Waals surface area (Å²) in [7, 11) is 2.03. The number of Topliss-reactive ketones (excluding diaryl/α,β-unsaturated/α-hetero) is 1. The Morgan fingerprint density at radius 1 is 1.15 bits per heavy atom. The van der Waals surface area contributed by atoms with E-state index in [0.717, 1.165) is 35.8 Å². The fraction of sp³-hybridized carbons (Fsp3) is 0.192. The number of para-hydroxylation sites is 1. The zero-order valence-corrected chi connectivity index (χ0v) is 20.1. The van der Waals surface area contributed by atoms with E-state index in [1.54, 1.807) is 12.1 Å². The number of ketones is 1. The predicted molar refractivity (Wildman–Crippen MR) is 134 cm³/mol. The first-order chi connectivity index (χ1) is 16.6. The number of carbonyl (C=O) groups is 1. The molecule has 172 valence electrons. The summed E-state index contributed by atoms with van der Waals surface area (Å²) < 4.78 is 12.4.